The van der Waals surface area contributed by atoms with Crippen molar-refractivity contribution in [3.05, 3.63) is 35.4 Å². The van der Waals surface area contributed by atoms with Gasteiger partial charge in [0.1, 0.15) is 11.6 Å². The molecule has 1 aromatic rings. The molecular weight excluding hydrogens is 224 g/mol. The van der Waals surface area contributed by atoms with Crippen LogP contribution in [0.1, 0.15) is 37.6 Å². The lowest BCUT2D eigenvalue weighted by molar-refractivity contribution is 0.0952. The molecule has 0 aliphatic heterocycles. The molecule has 17 heavy (non-hydrogen) atoms. The Labute approximate surface area is 99.8 Å². The minimum absolute atomic E-state index is 0.0298. The van der Waals surface area contributed by atoms with E-state index in [1.54, 1.807) is 0 Å². The van der Waals surface area contributed by atoms with Crippen LogP contribution in [0.5, 0.6) is 0 Å². The predicted octanol–water partition coefficient (Wildman–Crippen LogP) is 2.91. The number of ketones is 1. The molecule has 0 aliphatic rings. The normalized spacial score (nSPS) is 13.5. The van der Waals surface area contributed by atoms with Crippen LogP contribution < -0.4 is 5.73 Å². The number of carbonyl (C=O) groups is 1. The van der Waals surface area contributed by atoms with Crippen LogP contribution in [0.15, 0.2) is 18.2 Å². The zero-order valence-electron chi connectivity index (χ0n) is 10.3. The van der Waals surface area contributed by atoms with Crippen LogP contribution in [-0.4, -0.2) is 11.8 Å². The van der Waals surface area contributed by atoms with E-state index >= 15 is 0 Å². The molecule has 0 bridgehead atoms. The van der Waals surface area contributed by atoms with Crippen LogP contribution in [0.2, 0.25) is 0 Å². The van der Waals surface area contributed by atoms with Crippen LogP contribution in [0.3, 0.4) is 0 Å². The number of rotatable bonds is 3. The Morgan fingerprint density at radius 2 is 1.71 bits per heavy atom. The van der Waals surface area contributed by atoms with Crippen LogP contribution in [0.25, 0.3) is 0 Å². The SMILES string of the molecule is CC(C)(C)C(N)CC(=O)c1cc(F)cc(F)c1. The second-order valence-electron chi connectivity index (χ2n) is 5.26. The molecule has 0 radical (unpaired) electrons. The Balaban J connectivity index is 2.84. The van der Waals surface area contributed by atoms with Gasteiger partial charge in [-0.25, -0.2) is 8.78 Å². The molecule has 0 amide bonds. The summed E-state index contributed by atoms with van der Waals surface area (Å²) in [6, 6.07) is 2.45. The summed E-state index contributed by atoms with van der Waals surface area (Å²) in [6.07, 6.45) is 0.0758. The quantitative estimate of drug-likeness (QED) is 0.827. The van der Waals surface area contributed by atoms with Gasteiger partial charge < -0.3 is 5.73 Å². The van der Waals surface area contributed by atoms with Crippen molar-refractivity contribution in [2.75, 3.05) is 0 Å². The van der Waals surface area contributed by atoms with Gasteiger partial charge in [0.05, 0.1) is 0 Å². The third-order valence-corrected chi connectivity index (χ3v) is 2.70. The summed E-state index contributed by atoms with van der Waals surface area (Å²) in [5.74, 6) is -1.85. The average Bonchev–Trinajstić information content (AvgIpc) is 2.14. The Bertz CT molecular complexity index is 404. The van der Waals surface area contributed by atoms with Crippen LogP contribution in [0, 0.1) is 17.0 Å². The zero-order chi connectivity index (χ0) is 13.2. The first-order valence-electron chi connectivity index (χ1n) is 5.45. The molecule has 0 aromatic heterocycles. The number of halogens is 2. The maximum Gasteiger partial charge on any atom is 0.164 e. The van der Waals surface area contributed by atoms with Crippen molar-refractivity contribution in [1.82, 2.24) is 0 Å². The highest BCUT2D eigenvalue weighted by Crippen LogP contribution is 2.21. The van der Waals surface area contributed by atoms with Gasteiger partial charge in [-0.05, 0) is 17.5 Å². The van der Waals surface area contributed by atoms with Crippen molar-refractivity contribution in [2.24, 2.45) is 11.1 Å². The smallest absolute Gasteiger partial charge is 0.164 e. The molecule has 1 atom stereocenters. The molecule has 94 valence electrons. The highest BCUT2D eigenvalue weighted by Gasteiger charge is 2.24. The largest absolute Gasteiger partial charge is 0.327 e. The van der Waals surface area contributed by atoms with E-state index in [0.717, 1.165) is 18.2 Å². The second kappa shape index (κ2) is 4.92. The molecule has 0 saturated heterocycles. The minimum Gasteiger partial charge on any atom is -0.327 e. The maximum absolute atomic E-state index is 12.9. The van der Waals surface area contributed by atoms with Crippen LogP contribution in [0.4, 0.5) is 8.78 Å². The first-order valence-corrected chi connectivity index (χ1v) is 5.45. The molecule has 0 aliphatic carbocycles. The van der Waals surface area contributed by atoms with Crippen molar-refractivity contribution in [3.63, 3.8) is 0 Å². The fourth-order valence-corrected chi connectivity index (χ4v) is 1.34. The van der Waals surface area contributed by atoms with E-state index in [2.05, 4.69) is 0 Å². The molecule has 2 N–H and O–H groups in total. The van der Waals surface area contributed by atoms with E-state index in [4.69, 9.17) is 5.73 Å². The summed E-state index contributed by atoms with van der Waals surface area (Å²) < 4.78 is 25.9. The van der Waals surface area contributed by atoms with Gasteiger partial charge in [-0.1, -0.05) is 20.8 Å². The minimum atomic E-state index is -0.752. The van der Waals surface area contributed by atoms with E-state index in [0.29, 0.717) is 0 Å². The average molecular weight is 241 g/mol. The van der Waals surface area contributed by atoms with E-state index in [-0.39, 0.29) is 29.2 Å². The van der Waals surface area contributed by atoms with Gasteiger partial charge in [0.25, 0.3) is 0 Å². The van der Waals surface area contributed by atoms with Gasteiger partial charge >= 0.3 is 0 Å². The molecule has 1 unspecified atom stereocenters. The highest BCUT2D eigenvalue weighted by atomic mass is 19.1. The molecular formula is C13H17F2NO. The van der Waals surface area contributed by atoms with Crippen LogP contribution in [-0.2, 0) is 0 Å². The van der Waals surface area contributed by atoms with Gasteiger partial charge in [0, 0.05) is 24.1 Å². The van der Waals surface area contributed by atoms with Crippen molar-refractivity contribution >= 4 is 5.78 Å². The van der Waals surface area contributed by atoms with Crippen molar-refractivity contribution in [2.45, 2.75) is 33.2 Å². The maximum atomic E-state index is 12.9. The summed E-state index contributed by atoms with van der Waals surface area (Å²) in [6.45, 7) is 5.74. The Hall–Kier alpha value is -1.29. The van der Waals surface area contributed by atoms with Gasteiger partial charge in [-0.2, -0.15) is 0 Å². The molecule has 0 heterocycles. The third kappa shape index (κ3) is 3.89. The lowest BCUT2D eigenvalue weighted by Gasteiger charge is -2.26. The number of benzene rings is 1. The monoisotopic (exact) mass is 241 g/mol. The van der Waals surface area contributed by atoms with Gasteiger partial charge in [0.2, 0.25) is 0 Å². The fraction of sp³-hybridized carbons (Fsp3) is 0.462. The third-order valence-electron chi connectivity index (χ3n) is 2.70. The van der Waals surface area contributed by atoms with Crippen molar-refractivity contribution < 1.29 is 13.6 Å². The number of hydrogen-bond donors (Lipinski definition) is 1. The molecule has 0 saturated carbocycles. The van der Waals surface area contributed by atoms with Gasteiger partial charge in [0.15, 0.2) is 5.78 Å². The molecule has 1 aromatic carbocycles. The molecule has 2 nitrogen and oxygen atoms in total. The summed E-state index contributed by atoms with van der Waals surface area (Å²) in [5, 5.41) is 0. The Kier molecular flexibility index (Phi) is 3.98. The molecule has 0 spiro atoms. The molecule has 1 rings (SSSR count). The lowest BCUT2D eigenvalue weighted by atomic mass is 9.83. The van der Waals surface area contributed by atoms with Crippen LogP contribution >= 0.6 is 0 Å². The van der Waals surface area contributed by atoms with E-state index < -0.39 is 11.6 Å². The highest BCUT2D eigenvalue weighted by molar-refractivity contribution is 5.96. The standard InChI is InChI=1S/C13H17F2NO/c1-13(2,3)12(16)7-11(17)8-4-9(14)6-10(15)5-8/h4-6,12H,7,16H2,1-3H3. The number of Topliss-reactive ketones (excluding diaryl/α,β-unsaturated/α-hetero) is 1. The van der Waals surface area contributed by atoms with Crippen molar-refractivity contribution in [3.8, 4) is 0 Å². The Morgan fingerprint density at radius 1 is 1.24 bits per heavy atom. The number of nitrogens with two attached hydrogens (primary N) is 1. The zero-order valence-corrected chi connectivity index (χ0v) is 10.3. The Morgan fingerprint density at radius 3 is 2.12 bits per heavy atom. The van der Waals surface area contributed by atoms with E-state index in [9.17, 15) is 13.6 Å². The summed E-state index contributed by atoms with van der Waals surface area (Å²) in [7, 11) is 0. The van der Waals surface area contributed by atoms with E-state index in [1.807, 2.05) is 20.8 Å². The number of hydrogen-bond acceptors (Lipinski definition) is 2. The topological polar surface area (TPSA) is 43.1 Å². The lowest BCUT2D eigenvalue weighted by Crippen LogP contribution is -2.37. The van der Waals surface area contributed by atoms with Gasteiger partial charge in [-0.15, -0.1) is 0 Å². The summed E-state index contributed by atoms with van der Waals surface area (Å²) in [5.41, 5.74) is 5.67. The predicted molar refractivity (Wildman–Crippen MR) is 62.7 cm³/mol. The van der Waals surface area contributed by atoms with Gasteiger partial charge in [-0.3, -0.25) is 4.79 Å². The fourth-order valence-electron chi connectivity index (χ4n) is 1.34. The summed E-state index contributed by atoms with van der Waals surface area (Å²) in [4.78, 5) is 11.8. The molecule has 0 fully saturated rings. The van der Waals surface area contributed by atoms with Crippen molar-refractivity contribution in [1.29, 1.82) is 0 Å². The van der Waals surface area contributed by atoms with E-state index in [1.165, 1.54) is 0 Å². The number of carbonyl (C=O) groups excluding carboxylic acids is 1. The first-order chi connectivity index (χ1) is 7.70. The molecule has 4 heteroatoms. The first kappa shape index (κ1) is 13.8. The second-order valence-corrected chi connectivity index (χ2v) is 5.26. The summed E-state index contributed by atoms with van der Waals surface area (Å²) >= 11 is 0.